The van der Waals surface area contributed by atoms with E-state index in [4.69, 9.17) is 0 Å². The lowest BCUT2D eigenvalue weighted by molar-refractivity contribution is 0.0940. The third-order valence-corrected chi connectivity index (χ3v) is 4.93. The fourth-order valence-electron chi connectivity index (χ4n) is 2.48. The molecule has 0 saturated carbocycles. The number of carbonyl (C=O) groups excluding carboxylic acids is 1. The Balaban J connectivity index is 2.00. The highest BCUT2D eigenvalue weighted by atomic mass is 32.1. The third kappa shape index (κ3) is 2.65. The number of aryl methyl sites for hydroxylation is 1. The van der Waals surface area contributed by atoms with Crippen LogP contribution < -0.4 is 16.6 Å². The molecule has 0 bridgehead atoms. The van der Waals surface area contributed by atoms with Gasteiger partial charge < -0.3 is 5.32 Å². The van der Waals surface area contributed by atoms with E-state index in [-0.39, 0.29) is 28.5 Å². The average molecular weight is 344 g/mol. The summed E-state index contributed by atoms with van der Waals surface area (Å²) < 4.78 is 2.28. The Morgan fingerprint density at radius 1 is 1.29 bits per heavy atom. The quantitative estimate of drug-likeness (QED) is 0.773. The Kier molecular flexibility index (Phi) is 4.06. The van der Waals surface area contributed by atoms with Gasteiger partial charge in [-0.3, -0.25) is 18.7 Å². The summed E-state index contributed by atoms with van der Waals surface area (Å²) in [7, 11) is 2.94. The first-order valence-corrected chi connectivity index (χ1v) is 8.18. The van der Waals surface area contributed by atoms with Gasteiger partial charge in [-0.2, -0.15) is 0 Å². The zero-order valence-electron chi connectivity index (χ0n) is 13.4. The van der Waals surface area contributed by atoms with Gasteiger partial charge in [-0.1, -0.05) is 6.07 Å². The van der Waals surface area contributed by atoms with Crippen molar-refractivity contribution < 1.29 is 4.79 Å². The number of amides is 1. The molecule has 0 saturated heterocycles. The summed E-state index contributed by atoms with van der Waals surface area (Å²) in [5, 5.41) is 5.05. The van der Waals surface area contributed by atoms with Gasteiger partial charge in [0.15, 0.2) is 0 Å². The van der Waals surface area contributed by atoms with Crippen molar-refractivity contribution in [3.05, 3.63) is 61.1 Å². The minimum atomic E-state index is -0.471. The molecule has 0 aliphatic heterocycles. The van der Waals surface area contributed by atoms with Crippen molar-refractivity contribution in [2.45, 2.75) is 13.0 Å². The van der Waals surface area contributed by atoms with Crippen LogP contribution in [0.2, 0.25) is 0 Å². The largest absolute Gasteiger partial charge is 0.345 e. The summed E-state index contributed by atoms with van der Waals surface area (Å²) in [6, 6.07) is 5.20. The Bertz CT molecular complexity index is 1030. The molecule has 3 heterocycles. The number of nitrogens with one attached hydrogen (secondary N) is 1. The molecule has 1 amide bonds. The number of hydrogen-bond acceptors (Lipinski definition) is 5. The van der Waals surface area contributed by atoms with Crippen LogP contribution in [0.5, 0.6) is 0 Å². The number of aromatic nitrogens is 3. The predicted octanol–water partition coefficient (Wildman–Crippen LogP) is 1.18. The smallest absolute Gasteiger partial charge is 0.332 e. The molecule has 24 heavy (non-hydrogen) atoms. The molecular formula is C16H16N4O3S. The lowest BCUT2D eigenvalue weighted by Crippen LogP contribution is -2.37. The minimum Gasteiger partial charge on any atom is -0.345 e. The fourth-order valence-corrected chi connectivity index (χ4v) is 3.21. The van der Waals surface area contributed by atoms with Crippen LogP contribution >= 0.6 is 11.3 Å². The molecular weight excluding hydrogens is 328 g/mol. The Morgan fingerprint density at radius 3 is 2.71 bits per heavy atom. The van der Waals surface area contributed by atoms with Crippen LogP contribution in [0.4, 0.5) is 0 Å². The highest BCUT2D eigenvalue weighted by Gasteiger charge is 2.16. The third-order valence-electron chi connectivity index (χ3n) is 3.87. The van der Waals surface area contributed by atoms with Gasteiger partial charge in [0.25, 0.3) is 11.5 Å². The van der Waals surface area contributed by atoms with Gasteiger partial charge in [0.05, 0.1) is 17.0 Å². The molecule has 8 heteroatoms. The first kappa shape index (κ1) is 16.1. The molecule has 1 atom stereocenters. The molecule has 0 aromatic carbocycles. The summed E-state index contributed by atoms with van der Waals surface area (Å²) in [5.74, 6) is -0.318. The van der Waals surface area contributed by atoms with Crippen LogP contribution in [-0.2, 0) is 14.1 Å². The topological polar surface area (TPSA) is 86.0 Å². The SMILES string of the molecule is CC(NC(=O)c1cnc2c(c1)c(=O)n(C)c(=O)n2C)c1cccs1. The van der Waals surface area contributed by atoms with Crippen molar-refractivity contribution in [3.63, 3.8) is 0 Å². The van der Waals surface area contributed by atoms with Crippen LogP contribution in [0.1, 0.15) is 28.2 Å². The maximum atomic E-state index is 12.4. The summed E-state index contributed by atoms with van der Waals surface area (Å²) in [4.78, 5) is 41.8. The molecule has 0 spiro atoms. The number of thiophene rings is 1. The first-order valence-electron chi connectivity index (χ1n) is 7.30. The number of pyridine rings is 1. The van der Waals surface area contributed by atoms with Gasteiger partial charge in [0.1, 0.15) is 5.65 Å². The van der Waals surface area contributed by atoms with Crippen LogP contribution in [-0.4, -0.2) is 20.0 Å². The van der Waals surface area contributed by atoms with Gasteiger partial charge in [-0.25, -0.2) is 9.78 Å². The summed E-state index contributed by atoms with van der Waals surface area (Å²) in [6.07, 6.45) is 1.37. The van der Waals surface area contributed by atoms with Crippen LogP contribution in [0.3, 0.4) is 0 Å². The van der Waals surface area contributed by atoms with Gasteiger partial charge >= 0.3 is 5.69 Å². The molecule has 3 rings (SSSR count). The van der Waals surface area contributed by atoms with Crippen molar-refractivity contribution in [2.75, 3.05) is 0 Å². The lowest BCUT2D eigenvalue weighted by atomic mass is 10.2. The van der Waals surface area contributed by atoms with Gasteiger partial charge in [0.2, 0.25) is 0 Å². The molecule has 124 valence electrons. The highest BCUT2D eigenvalue weighted by molar-refractivity contribution is 7.10. The maximum Gasteiger partial charge on any atom is 0.332 e. The monoisotopic (exact) mass is 344 g/mol. The molecule has 3 aromatic heterocycles. The van der Waals surface area contributed by atoms with Gasteiger partial charge in [-0.05, 0) is 24.4 Å². The lowest BCUT2D eigenvalue weighted by Gasteiger charge is -2.13. The van der Waals surface area contributed by atoms with E-state index in [0.717, 1.165) is 9.44 Å². The van der Waals surface area contributed by atoms with E-state index in [1.165, 1.54) is 30.9 Å². The van der Waals surface area contributed by atoms with Crippen molar-refractivity contribution in [1.82, 2.24) is 19.4 Å². The molecule has 0 fully saturated rings. The molecule has 1 N–H and O–H groups in total. The van der Waals surface area contributed by atoms with E-state index in [1.807, 2.05) is 24.4 Å². The zero-order chi connectivity index (χ0) is 17.4. The standard InChI is InChI=1S/C16H16N4O3S/c1-9(12-5-4-6-24-12)18-14(21)10-7-11-13(17-8-10)19(2)16(23)20(3)15(11)22/h4-9H,1-3H3,(H,18,21). The van der Waals surface area contributed by atoms with Gasteiger partial charge in [-0.15, -0.1) is 11.3 Å². The van der Waals surface area contributed by atoms with Gasteiger partial charge in [0, 0.05) is 25.2 Å². The first-order chi connectivity index (χ1) is 11.4. The predicted molar refractivity (Wildman–Crippen MR) is 92.4 cm³/mol. The van der Waals surface area contributed by atoms with Crippen molar-refractivity contribution >= 4 is 28.3 Å². The van der Waals surface area contributed by atoms with E-state index in [9.17, 15) is 14.4 Å². The molecule has 0 aliphatic rings. The molecule has 3 aromatic rings. The van der Waals surface area contributed by atoms with Crippen LogP contribution in [0, 0.1) is 0 Å². The highest BCUT2D eigenvalue weighted by Crippen LogP contribution is 2.18. The molecule has 0 aliphatic carbocycles. The van der Waals surface area contributed by atoms with Crippen molar-refractivity contribution in [1.29, 1.82) is 0 Å². The number of rotatable bonds is 3. The number of hydrogen-bond donors (Lipinski definition) is 1. The van der Waals surface area contributed by atoms with E-state index >= 15 is 0 Å². The number of nitrogens with zero attached hydrogens (tertiary/aromatic N) is 3. The fraction of sp³-hybridized carbons (Fsp3) is 0.250. The second-order valence-electron chi connectivity index (χ2n) is 5.51. The van der Waals surface area contributed by atoms with E-state index in [1.54, 1.807) is 11.3 Å². The molecule has 1 unspecified atom stereocenters. The second kappa shape index (κ2) is 6.04. The van der Waals surface area contributed by atoms with Crippen molar-refractivity contribution in [3.8, 4) is 0 Å². The number of fused-ring (bicyclic) bond motifs is 1. The van der Waals surface area contributed by atoms with E-state index < -0.39 is 11.2 Å². The molecule has 0 radical (unpaired) electrons. The summed E-state index contributed by atoms with van der Waals surface area (Å²) in [6.45, 7) is 1.89. The second-order valence-corrected chi connectivity index (χ2v) is 6.49. The average Bonchev–Trinajstić information content (AvgIpc) is 3.12. The number of carbonyl (C=O) groups is 1. The summed E-state index contributed by atoms with van der Waals surface area (Å²) >= 11 is 1.56. The normalized spacial score (nSPS) is 12.3. The van der Waals surface area contributed by atoms with Crippen LogP contribution in [0.15, 0.2) is 39.4 Å². The van der Waals surface area contributed by atoms with Crippen molar-refractivity contribution in [2.24, 2.45) is 14.1 Å². The van der Waals surface area contributed by atoms with E-state index in [2.05, 4.69) is 10.3 Å². The Hall–Kier alpha value is -2.74. The maximum absolute atomic E-state index is 12.4. The minimum absolute atomic E-state index is 0.142. The summed E-state index contributed by atoms with van der Waals surface area (Å²) in [5.41, 5.74) is -0.391. The zero-order valence-corrected chi connectivity index (χ0v) is 14.3. The molecule has 7 nitrogen and oxygen atoms in total. The van der Waals surface area contributed by atoms with Crippen LogP contribution in [0.25, 0.3) is 11.0 Å². The Morgan fingerprint density at radius 2 is 2.04 bits per heavy atom. The van der Waals surface area contributed by atoms with E-state index in [0.29, 0.717) is 0 Å². The Labute approximate surface area is 141 Å².